The van der Waals surface area contributed by atoms with Crippen LogP contribution in [0.25, 0.3) is 0 Å². The number of nitrogens with zero attached hydrogens (tertiary/aromatic N) is 1. The first kappa shape index (κ1) is 22.5. The number of benzene rings is 2. The summed E-state index contributed by atoms with van der Waals surface area (Å²) in [6.45, 7) is 1.63. The molecule has 2 aromatic rings. The molecule has 0 saturated heterocycles. The molecule has 0 bridgehead atoms. The lowest BCUT2D eigenvalue weighted by molar-refractivity contribution is -0.138. The van der Waals surface area contributed by atoms with Gasteiger partial charge in [-0.05, 0) is 30.7 Å². The smallest absolute Gasteiger partial charge is 0.242 e. The summed E-state index contributed by atoms with van der Waals surface area (Å²) >= 11 is 13.6. The molecular weight excluding hydrogens is 422 g/mol. The van der Waals surface area contributed by atoms with Gasteiger partial charge in [-0.1, -0.05) is 47.5 Å². The Morgan fingerprint density at radius 2 is 1.79 bits per heavy atom. The van der Waals surface area contributed by atoms with Crippen LogP contribution < -0.4 is 5.32 Å². The van der Waals surface area contributed by atoms with Gasteiger partial charge < -0.3 is 10.2 Å². The first-order chi connectivity index (χ1) is 13.3. The summed E-state index contributed by atoms with van der Waals surface area (Å²) in [5, 5.41) is 3.60. The molecule has 1 N–H and O–H groups in total. The summed E-state index contributed by atoms with van der Waals surface area (Å²) in [6, 6.07) is 10.7. The van der Waals surface area contributed by atoms with Crippen LogP contribution in [0.1, 0.15) is 18.1 Å². The van der Waals surface area contributed by atoms with E-state index in [9.17, 15) is 14.0 Å². The van der Waals surface area contributed by atoms with Gasteiger partial charge >= 0.3 is 0 Å². The van der Waals surface area contributed by atoms with Crippen molar-refractivity contribution in [3.63, 3.8) is 0 Å². The van der Waals surface area contributed by atoms with Crippen molar-refractivity contribution in [2.24, 2.45) is 0 Å². The van der Waals surface area contributed by atoms with Crippen molar-refractivity contribution < 1.29 is 14.0 Å². The Labute approximate surface area is 178 Å². The molecule has 0 radical (unpaired) electrons. The predicted molar refractivity (Wildman–Crippen MR) is 113 cm³/mol. The van der Waals surface area contributed by atoms with E-state index in [1.165, 1.54) is 29.8 Å². The minimum Gasteiger partial charge on any atom is -0.357 e. The Morgan fingerprint density at radius 3 is 2.39 bits per heavy atom. The van der Waals surface area contributed by atoms with E-state index in [1.807, 2.05) is 0 Å². The van der Waals surface area contributed by atoms with Crippen LogP contribution in [0.15, 0.2) is 42.5 Å². The van der Waals surface area contributed by atoms with Gasteiger partial charge in [-0.15, -0.1) is 11.8 Å². The van der Waals surface area contributed by atoms with Gasteiger partial charge in [0.25, 0.3) is 0 Å². The van der Waals surface area contributed by atoms with Crippen molar-refractivity contribution in [3.05, 3.63) is 69.5 Å². The largest absolute Gasteiger partial charge is 0.357 e. The number of likely N-dealkylation sites (N-methyl/N-ethyl adjacent to an activating group) is 1. The van der Waals surface area contributed by atoms with Crippen molar-refractivity contribution in [3.8, 4) is 0 Å². The summed E-state index contributed by atoms with van der Waals surface area (Å²) < 4.78 is 14.0. The van der Waals surface area contributed by atoms with Crippen LogP contribution >= 0.6 is 35.0 Å². The lowest BCUT2D eigenvalue weighted by atomic mass is 10.1. The van der Waals surface area contributed by atoms with Gasteiger partial charge in [0.15, 0.2) is 0 Å². The number of amides is 2. The molecular formula is C20H21Cl2FN2O2S. The summed E-state index contributed by atoms with van der Waals surface area (Å²) in [4.78, 5) is 26.3. The normalized spacial score (nSPS) is 11.8. The van der Waals surface area contributed by atoms with Crippen molar-refractivity contribution in [2.75, 3.05) is 12.8 Å². The third kappa shape index (κ3) is 5.87. The second kappa shape index (κ2) is 10.7. The zero-order valence-corrected chi connectivity index (χ0v) is 17.9. The maximum absolute atomic E-state index is 14.0. The Hall–Kier alpha value is -1.76. The molecule has 0 fully saturated rings. The second-order valence-corrected chi connectivity index (χ2v) is 7.90. The predicted octanol–water partition coefficient (Wildman–Crippen LogP) is 4.53. The minimum atomic E-state index is -0.735. The average Bonchev–Trinajstić information content (AvgIpc) is 2.68. The third-order valence-electron chi connectivity index (χ3n) is 4.25. The Kier molecular flexibility index (Phi) is 8.60. The lowest BCUT2D eigenvalue weighted by Gasteiger charge is -2.28. The van der Waals surface area contributed by atoms with E-state index in [4.69, 9.17) is 23.2 Å². The number of hydrogen-bond donors (Lipinski definition) is 1. The first-order valence-corrected chi connectivity index (χ1v) is 10.5. The SMILES string of the molecule is CNC(=O)C(C)N(Cc1ccccc1F)C(=O)CSCc1c(Cl)cccc1Cl. The van der Waals surface area contributed by atoms with E-state index in [0.29, 0.717) is 21.4 Å². The van der Waals surface area contributed by atoms with Crippen LogP contribution in [0, 0.1) is 5.82 Å². The van der Waals surface area contributed by atoms with Crippen LogP contribution in [0.4, 0.5) is 4.39 Å². The quantitative estimate of drug-likeness (QED) is 0.653. The molecule has 8 heteroatoms. The molecule has 0 aliphatic rings. The third-order valence-corrected chi connectivity index (χ3v) is 5.90. The zero-order valence-electron chi connectivity index (χ0n) is 15.5. The van der Waals surface area contributed by atoms with Crippen LogP contribution in [0.3, 0.4) is 0 Å². The van der Waals surface area contributed by atoms with Crippen LogP contribution in [0.5, 0.6) is 0 Å². The molecule has 0 heterocycles. The average molecular weight is 443 g/mol. The molecule has 2 aromatic carbocycles. The van der Waals surface area contributed by atoms with E-state index in [-0.39, 0.29) is 24.1 Å². The van der Waals surface area contributed by atoms with Crippen molar-refractivity contribution >= 4 is 46.8 Å². The number of carbonyl (C=O) groups excluding carboxylic acids is 2. The Balaban J connectivity index is 2.10. The van der Waals surface area contributed by atoms with Gasteiger partial charge in [-0.25, -0.2) is 4.39 Å². The van der Waals surface area contributed by atoms with Gasteiger partial charge in [0.1, 0.15) is 11.9 Å². The van der Waals surface area contributed by atoms with Gasteiger partial charge in [-0.3, -0.25) is 9.59 Å². The van der Waals surface area contributed by atoms with Gasteiger partial charge in [0.05, 0.1) is 5.75 Å². The number of nitrogens with one attached hydrogen (secondary N) is 1. The number of rotatable bonds is 8. The monoisotopic (exact) mass is 442 g/mol. The summed E-state index contributed by atoms with van der Waals surface area (Å²) in [7, 11) is 1.50. The van der Waals surface area contributed by atoms with Crippen LogP contribution in [-0.2, 0) is 21.9 Å². The maximum Gasteiger partial charge on any atom is 0.242 e. The van der Waals surface area contributed by atoms with Crippen LogP contribution in [0.2, 0.25) is 10.0 Å². The standard InChI is InChI=1S/C20H21Cl2FN2O2S/c1-13(20(27)24-2)25(10-14-6-3-4-9-18(14)23)19(26)12-28-11-15-16(21)7-5-8-17(15)22/h3-9,13H,10-12H2,1-2H3,(H,24,27). The number of hydrogen-bond acceptors (Lipinski definition) is 3. The number of halogens is 3. The van der Waals surface area contributed by atoms with Gasteiger partial charge in [0, 0.05) is 35.0 Å². The van der Waals surface area contributed by atoms with E-state index >= 15 is 0 Å². The highest BCUT2D eigenvalue weighted by atomic mass is 35.5. The number of carbonyl (C=O) groups is 2. The van der Waals surface area contributed by atoms with Crippen LogP contribution in [-0.4, -0.2) is 35.6 Å². The van der Waals surface area contributed by atoms with E-state index in [2.05, 4.69) is 5.32 Å². The fourth-order valence-corrected chi connectivity index (χ4v) is 4.24. The fourth-order valence-electron chi connectivity index (χ4n) is 2.60. The van der Waals surface area contributed by atoms with E-state index < -0.39 is 11.9 Å². The molecule has 0 aromatic heterocycles. The first-order valence-electron chi connectivity index (χ1n) is 8.60. The van der Waals surface area contributed by atoms with Crippen molar-refractivity contribution in [2.45, 2.75) is 25.3 Å². The van der Waals surface area contributed by atoms with Gasteiger partial charge in [0.2, 0.25) is 11.8 Å². The summed E-state index contributed by atoms with van der Waals surface area (Å²) in [5.74, 6) is -0.444. The van der Waals surface area contributed by atoms with E-state index in [1.54, 1.807) is 43.3 Å². The molecule has 0 aliphatic heterocycles. The molecule has 1 atom stereocenters. The van der Waals surface area contributed by atoms with Gasteiger partial charge in [-0.2, -0.15) is 0 Å². The maximum atomic E-state index is 14.0. The molecule has 150 valence electrons. The van der Waals surface area contributed by atoms with Crippen molar-refractivity contribution in [1.82, 2.24) is 10.2 Å². The molecule has 1 unspecified atom stereocenters. The topological polar surface area (TPSA) is 49.4 Å². The molecule has 28 heavy (non-hydrogen) atoms. The summed E-state index contributed by atoms with van der Waals surface area (Å²) in [6.07, 6.45) is 0. The highest BCUT2D eigenvalue weighted by Crippen LogP contribution is 2.28. The molecule has 0 aliphatic carbocycles. The lowest BCUT2D eigenvalue weighted by Crippen LogP contribution is -2.47. The second-order valence-electron chi connectivity index (χ2n) is 6.10. The zero-order chi connectivity index (χ0) is 20.7. The molecule has 2 amide bonds. The molecule has 0 spiro atoms. The highest BCUT2D eigenvalue weighted by Gasteiger charge is 2.26. The molecule has 0 saturated carbocycles. The Bertz CT molecular complexity index is 830. The molecule has 2 rings (SSSR count). The fraction of sp³-hybridized carbons (Fsp3) is 0.300. The Morgan fingerprint density at radius 1 is 1.14 bits per heavy atom. The van der Waals surface area contributed by atoms with E-state index in [0.717, 1.165) is 5.56 Å². The summed E-state index contributed by atoms with van der Waals surface area (Å²) in [5.41, 5.74) is 1.11. The minimum absolute atomic E-state index is 0.00744. The molecule has 4 nitrogen and oxygen atoms in total. The van der Waals surface area contributed by atoms with Crippen molar-refractivity contribution in [1.29, 1.82) is 0 Å². The number of thioether (sulfide) groups is 1. The highest BCUT2D eigenvalue weighted by molar-refractivity contribution is 7.99.